The van der Waals surface area contributed by atoms with Crippen molar-refractivity contribution in [2.75, 3.05) is 19.6 Å². The highest BCUT2D eigenvalue weighted by atomic mass is 15.1. The van der Waals surface area contributed by atoms with Crippen molar-refractivity contribution in [3.63, 3.8) is 0 Å². The molecule has 0 unspecified atom stereocenters. The molecule has 1 rings (SSSR count). The summed E-state index contributed by atoms with van der Waals surface area (Å²) >= 11 is 0. The summed E-state index contributed by atoms with van der Waals surface area (Å²) < 4.78 is 2.42. The van der Waals surface area contributed by atoms with Gasteiger partial charge < -0.3 is 0 Å². The minimum Gasteiger partial charge on any atom is -0.277 e. The summed E-state index contributed by atoms with van der Waals surface area (Å²) in [4.78, 5) is 0. The van der Waals surface area contributed by atoms with Gasteiger partial charge in [-0.2, -0.15) is 0 Å². The Kier molecular flexibility index (Phi) is 12.5. The molecule has 0 saturated heterocycles. The molecule has 2 nitrogen and oxygen atoms in total. The van der Waals surface area contributed by atoms with E-state index in [1.54, 1.807) is 0 Å². The molecule has 1 heterocycles. The fraction of sp³-hybridized carbons (Fsp3) is 0.950. The van der Waals surface area contributed by atoms with E-state index in [2.05, 4.69) is 30.1 Å². The maximum absolute atomic E-state index is 3.27. The summed E-state index contributed by atoms with van der Waals surface area (Å²) in [7, 11) is 0. The van der Waals surface area contributed by atoms with Gasteiger partial charge in [0.25, 0.3) is 0 Å². The van der Waals surface area contributed by atoms with E-state index < -0.39 is 0 Å². The molecule has 0 saturated carbocycles. The lowest BCUT2D eigenvalue weighted by Gasteiger charge is -2.05. The van der Waals surface area contributed by atoms with Crippen LogP contribution in [0.2, 0.25) is 0 Å². The maximum atomic E-state index is 3.27. The first kappa shape index (κ1) is 19.5. The second-order valence-corrected chi connectivity index (χ2v) is 7.54. The first-order valence-electron chi connectivity index (χ1n) is 10.1. The Morgan fingerprint density at radius 1 is 0.773 bits per heavy atom. The molecule has 1 aliphatic rings. The molecule has 0 bridgehead atoms. The van der Waals surface area contributed by atoms with Crippen molar-refractivity contribution in [2.45, 2.75) is 97.3 Å². The smallest absolute Gasteiger partial charge is 0.232 e. The first-order chi connectivity index (χ1) is 10.8. The largest absolute Gasteiger partial charge is 0.277 e. The van der Waals surface area contributed by atoms with Gasteiger partial charge in [-0.25, -0.2) is 0 Å². The number of nitrogens with zero attached hydrogens (tertiary/aromatic N) is 1. The Labute approximate surface area is 139 Å². The van der Waals surface area contributed by atoms with E-state index in [1.807, 2.05) is 0 Å². The fourth-order valence-corrected chi connectivity index (χ4v) is 3.28. The molecule has 0 spiro atoms. The van der Waals surface area contributed by atoms with Gasteiger partial charge in [-0.3, -0.25) is 9.89 Å². The van der Waals surface area contributed by atoms with Crippen molar-refractivity contribution in [1.82, 2.24) is 5.32 Å². The van der Waals surface area contributed by atoms with Crippen molar-refractivity contribution in [3.05, 3.63) is 0 Å². The van der Waals surface area contributed by atoms with Gasteiger partial charge in [-0.15, -0.1) is 0 Å². The summed E-state index contributed by atoms with van der Waals surface area (Å²) in [6.45, 7) is 8.27. The second kappa shape index (κ2) is 14.1. The van der Waals surface area contributed by atoms with Crippen LogP contribution in [0.5, 0.6) is 0 Å². The van der Waals surface area contributed by atoms with Crippen molar-refractivity contribution >= 4 is 6.34 Å². The maximum Gasteiger partial charge on any atom is 0.232 e. The third-order valence-electron chi connectivity index (χ3n) is 4.79. The van der Waals surface area contributed by atoms with Gasteiger partial charge in [0.15, 0.2) is 0 Å². The van der Waals surface area contributed by atoms with Crippen molar-refractivity contribution < 1.29 is 4.58 Å². The molecular formula is C20H41N2+. The first-order valence-corrected chi connectivity index (χ1v) is 10.1. The Morgan fingerprint density at radius 2 is 1.27 bits per heavy atom. The van der Waals surface area contributed by atoms with E-state index >= 15 is 0 Å². The molecule has 1 N–H and O–H groups in total. The minimum atomic E-state index is 0.894. The predicted octanol–water partition coefficient (Wildman–Crippen LogP) is 5.36. The molecule has 0 aromatic heterocycles. The van der Waals surface area contributed by atoms with Gasteiger partial charge in [-0.05, 0) is 18.8 Å². The van der Waals surface area contributed by atoms with Gasteiger partial charge >= 0.3 is 0 Å². The Hall–Kier alpha value is -0.530. The highest BCUT2D eigenvalue weighted by Crippen LogP contribution is 2.14. The average Bonchev–Trinajstić information content (AvgIpc) is 3.00. The van der Waals surface area contributed by atoms with Crippen LogP contribution < -0.4 is 5.32 Å². The molecule has 1 aliphatic heterocycles. The van der Waals surface area contributed by atoms with Crippen molar-refractivity contribution in [3.8, 4) is 0 Å². The zero-order valence-electron chi connectivity index (χ0n) is 15.4. The second-order valence-electron chi connectivity index (χ2n) is 7.54. The molecule has 0 fully saturated rings. The average molecular weight is 310 g/mol. The lowest BCUT2D eigenvalue weighted by atomic mass is 10.0. The van der Waals surface area contributed by atoms with Gasteiger partial charge in [0.05, 0.1) is 6.54 Å². The van der Waals surface area contributed by atoms with Crippen LogP contribution in [-0.2, 0) is 0 Å². The lowest BCUT2D eigenvalue weighted by molar-refractivity contribution is -0.514. The highest BCUT2D eigenvalue weighted by Gasteiger charge is 2.06. The Bertz CT molecular complexity index is 271. The molecule has 2 heteroatoms. The number of unbranched alkanes of at least 4 members (excludes halogenated alkanes) is 11. The summed E-state index contributed by atoms with van der Waals surface area (Å²) in [6.07, 6.45) is 21.0. The zero-order chi connectivity index (χ0) is 15.9. The highest BCUT2D eigenvalue weighted by molar-refractivity contribution is 5.49. The molecule has 0 radical (unpaired) electrons. The molecule has 0 amide bonds. The summed E-state index contributed by atoms with van der Waals surface area (Å²) in [5.41, 5.74) is 0. The van der Waals surface area contributed by atoms with Crippen molar-refractivity contribution in [2.24, 2.45) is 5.92 Å². The van der Waals surface area contributed by atoms with Gasteiger partial charge in [-0.1, -0.05) is 84.5 Å². The number of nitrogens with one attached hydrogen (secondary N) is 1. The van der Waals surface area contributed by atoms with Gasteiger partial charge in [0.1, 0.15) is 13.1 Å². The number of rotatable bonds is 15. The topological polar surface area (TPSA) is 15.0 Å². The quantitative estimate of drug-likeness (QED) is 0.318. The standard InChI is InChI=1S/C20H40N2/c1-20(2)15-13-11-9-7-5-3-4-6-8-10-12-14-17-22-18-16-21-19-22/h19-20H,3-18H2,1-2H3/p+1. The molecule has 22 heavy (non-hydrogen) atoms. The van der Waals surface area contributed by atoms with E-state index in [-0.39, 0.29) is 0 Å². The van der Waals surface area contributed by atoms with Crippen LogP contribution in [0.3, 0.4) is 0 Å². The van der Waals surface area contributed by atoms with E-state index in [1.165, 1.54) is 96.6 Å². The molecule has 0 atom stereocenters. The normalized spacial score (nSPS) is 14.4. The van der Waals surface area contributed by atoms with E-state index in [0.29, 0.717) is 0 Å². The van der Waals surface area contributed by atoms with Gasteiger partial charge in [0, 0.05) is 0 Å². The zero-order valence-corrected chi connectivity index (χ0v) is 15.4. The van der Waals surface area contributed by atoms with Crippen molar-refractivity contribution in [1.29, 1.82) is 0 Å². The Balaban J connectivity index is 1.68. The van der Waals surface area contributed by atoms with Crippen LogP contribution in [0.1, 0.15) is 97.3 Å². The van der Waals surface area contributed by atoms with Crippen LogP contribution in [-0.4, -0.2) is 30.5 Å². The summed E-state index contributed by atoms with van der Waals surface area (Å²) in [6, 6.07) is 0. The molecule has 0 aliphatic carbocycles. The van der Waals surface area contributed by atoms with Crippen LogP contribution in [0.25, 0.3) is 0 Å². The number of hydrogen-bond donors (Lipinski definition) is 1. The van der Waals surface area contributed by atoms with Gasteiger partial charge in [0.2, 0.25) is 6.34 Å². The van der Waals surface area contributed by atoms with Crippen LogP contribution in [0.15, 0.2) is 0 Å². The SMILES string of the molecule is CC(C)CCCCCCCCCCCCCC[N+]1=CNCC1. The molecule has 0 aromatic carbocycles. The summed E-state index contributed by atoms with van der Waals surface area (Å²) in [5.74, 6) is 0.894. The van der Waals surface area contributed by atoms with Crippen LogP contribution in [0.4, 0.5) is 0 Å². The van der Waals surface area contributed by atoms with Crippen LogP contribution in [0, 0.1) is 5.92 Å². The molecule has 0 aromatic rings. The van der Waals surface area contributed by atoms with E-state index in [0.717, 1.165) is 12.5 Å². The van der Waals surface area contributed by atoms with Crippen LogP contribution >= 0.6 is 0 Å². The number of hydrogen-bond acceptors (Lipinski definition) is 1. The summed E-state index contributed by atoms with van der Waals surface area (Å²) in [5, 5.41) is 3.27. The lowest BCUT2D eigenvalue weighted by Crippen LogP contribution is -2.11. The Morgan fingerprint density at radius 3 is 1.73 bits per heavy atom. The predicted molar refractivity (Wildman–Crippen MR) is 98.9 cm³/mol. The fourth-order valence-electron chi connectivity index (χ4n) is 3.28. The third-order valence-corrected chi connectivity index (χ3v) is 4.79. The minimum absolute atomic E-state index is 0.894. The third kappa shape index (κ3) is 12.1. The monoisotopic (exact) mass is 309 g/mol. The van der Waals surface area contributed by atoms with E-state index in [9.17, 15) is 0 Å². The molecular weight excluding hydrogens is 268 g/mol. The molecule has 130 valence electrons. The van der Waals surface area contributed by atoms with E-state index in [4.69, 9.17) is 0 Å².